The molecule has 0 saturated carbocycles. The van der Waals surface area contributed by atoms with E-state index >= 15 is 0 Å². The molecule has 0 aliphatic carbocycles. The van der Waals surface area contributed by atoms with Crippen molar-refractivity contribution in [3.05, 3.63) is 71.8 Å². The maximum absolute atomic E-state index is 13.3. The molecule has 2 aromatic rings. The minimum atomic E-state index is -1.14. The van der Waals surface area contributed by atoms with Crippen LogP contribution in [0.15, 0.2) is 60.7 Å². The van der Waals surface area contributed by atoms with Gasteiger partial charge in [-0.25, -0.2) is 4.79 Å². The number of carboxylic acids is 1. The lowest BCUT2D eigenvalue weighted by Gasteiger charge is -2.29. The molecule has 1 saturated heterocycles. The first-order valence-corrected chi connectivity index (χ1v) is 13.6. The van der Waals surface area contributed by atoms with E-state index in [-0.39, 0.29) is 11.8 Å². The number of carboxylic acid groups (broad SMARTS) is 1. The van der Waals surface area contributed by atoms with Crippen LogP contribution >= 0.6 is 0 Å². The minimum absolute atomic E-state index is 0.318. The smallest absolute Gasteiger partial charge is 0.326 e. The van der Waals surface area contributed by atoms with Crippen molar-refractivity contribution in [2.24, 2.45) is 5.92 Å². The number of carbonyl (C=O) groups excluding carboxylic acids is 4. The molecule has 0 unspecified atom stereocenters. The van der Waals surface area contributed by atoms with E-state index in [4.69, 9.17) is 0 Å². The van der Waals surface area contributed by atoms with Crippen molar-refractivity contribution < 1.29 is 29.1 Å². The van der Waals surface area contributed by atoms with Crippen LogP contribution in [0.5, 0.6) is 0 Å². The Morgan fingerprint density at radius 2 is 1.30 bits per heavy atom. The molecule has 1 aliphatic rings. The number of nitrogens with zero attached hydrogens (tertiary/aromatic N) is 1. The summed E-state index contributed by atoms with van der Waals surface area (Å²) in [6, 6.07) is 14.7. The number of carbonyl (C=O) groups is 5. The van der Waals surface area contributed by atoms with Crippen molar-refractivity contribution in [3.8, 4) is 0 Å². The first-order chi connectivity index (χ1) is 19.0. The van der Waals surface area contributed by atoms with Crippen molar-refractivity contribution in [1.29, 1.82) is 0 Å². The highest BCUT2D eigenvalue weighted by Crippen LogP contribution is 2.25. The third-order valence-electron chi connectivity index (χ3n) is 7.08. The summed E-state index contributed by atoms with van der Waals surface area (Å²) in [6.07, 6.45) is 0.978. The molecule has 40 heavy (non-hydrogen) atoms. The zero-order valence-electron chi connectivity index (χ0n) is 23.3. The van der Waals surface area contributed by atoms with Gasteiger partial charge in [0, 0.05) is 6.54 Å². The Morgan fingerprint density at radius 1 is 0.775 bits per heavy atom. The fourth-order valence-corrected chi connectivity index (χ4v) is 4.86. The predicted molar refractivity (Wildman–Crippen MR) is 149 cm³/mol. The van der Waals surface area contributed by atoms with Gasteiger partial charge in [0.05, 0.1) is 5.92 Å². The SMILES string of the molecule is CC(C)[C@H](NC(=O)[C@H]1CCCN1C(=O)[C@H](C)NC(=O)[C@H](C)NC(=O)C(c1ccccc1)c1ccccc1)C(=O)O. The first-order valence-electron chi connectivity index (χ1n) is 13.6. The van der Waals surface area contributed by atoms with Crippen LogP contribution in [0.3, 0.4) is 0 Å². The minimum Gasteiger partial charge on any atom is -0.480 e. The third-order valence-corrected chi connectivity index (χ3v) is 7.08. The molecule has 0 bridgehead atoms. The molecule has 0 spiro atoms. The molecule has 0 radical (unpaired) electrons. The Labute approximate surface area is 234 Å². The molecule has 0 aromatic heterocycles. The normalized spacial score (nSPS) is 17.1. The van der Waals surface area contributed by atoms with E-state index in [0.29, 0.717) is 19.4 Å². The number of amides is 4. The zero-order chi connectivity index (χ0) is 29.4. The molecule has 4 atom stereocenters. The Bertz CT molecular complexity index is 1160. The maximum atomic E-state index is 13.3. The average molecular weight is 551 g/mol. The van der Waals surface area contributed by atoms with Crippen LogP contribution in [0.1, 0.15) is 57.6 Å². The molecule has 1 fully saturated rings. The Balaban J connectivity index is 1.63. The lowest BCUT2D eigenvalue weighted by molar-refractivity contribution is -0.145. The summed E-state index contributed by atoms with van der Waals surface area (Å²) < 4.78 is 0. The molecule has 214 valence electrons. The highest BCUT2D eigenvalue weighted by Gasteiger charge is 2.38. The Kier molecular flexibility index (Phi) is 10.4. The molecule has 1 aliphatic heterocycles. The van der Waals surface area contributed by atoms with Crippen LogP contribution in [-0.2, 0) is 24.0 Å². The molecule has 10 heteroatoms. The largest absolute Gasteiger partial charge is 0.480 e. The van der Waals surface area contributed by atoms with Crippen LogP contribution in [0.25, 0.3) is 0 Å². The Morgan fingerprint density at radius 3 is 1.80 bits per heavy atom. The highest BCUT2D eigenvalue weighted by molar-refractivity contribution is 5.96. The van der Waals surface area contributed by atoms with Gasteiger partial charge in [0.2, 0.25) is 23.6 Å². The van der Waals surface area contributed by atoms with E-state index in [1.54, 1.807) is 20.8 Å². The van der Waals surface area contributed by atoms with Gasteiger partial charge in [-0.05, 0) is 43.7 Å². The third kappa shape index (κ3) is 7.46. The summed E-state index contributed by atoms with van der Waals surface area (Å²) in [7, 11) is 0. The zero-order valence-corrected chi connectivity index (χ0v) is 23.3. The molecule has 4 N–H and O–H groups in total. The van der Waals surface area contributed by atoms with E-state index in [1.165, 1.54) is 11.8 Å². The molecule has 1 heterocycles. The number of rotatable bonds is 11. The van der Waals surface area contributed by atoms with Crippen LogP contribution in [0, 0.1) is 5.92 Å². The standard InChI is InChI=1S/C30H38N4O6/c1-18(2)25(30(39)40)33-27(36)23-16-11-17-34(23)29(38)20(4)32-26(35)19(3)31-28(37)24(21-12-7-5-8-13-21)22-14-9-6-10-15-22/h5-10,12-15,18-20,23-25H,11,16-17H2,1-4H3,(H,31,37)(H,32,35)(H,33,36)(H,39,40)/t19-,20-,23+,25-/m0/s1. The van der Waals surface area contributed by atoms with Gasteiger partial charge in [-0.3, -0.25) is 19.2 Å². The lowest BCUT2D eigenvalue weighted by Crippen LogP contribution is -2.57. The summed E-state index contributed by atoms with van der Waals surface area (Å²) in [6.45, 7) is 6.76. The molecule has 4 amide bonds. The monoisotopic (exact) mass is 550 g/mol. The summed E-state index contributed by atoms with van der Waals surface area (Å²) >= 11 is 0. The van der Waals surface area contributed by atoms with Crippen molar-refractivity contribution in [2.45, 2.75) is 70.6 Å². The van der Waals surface area contributed by atoms with Gasteiger partial charge in [0.1, 0.15) is 24.2 Å². The first kappa shape index (κ1) is 30.3. The fraction of sp³-hybridized carbons (Fsp3) is 0.433. The van der Waals surface area contributed by atoms with Gasteiger partial charge in [0.25, 0.3) is 0 Å². The van der Waals surface area contributed by atoms with Crippen LogP contribution in [-0.4, -0.2) is 70.3 Å². The highest BCUT2D eigenvalue weighted by atomic mass is 16.4. The van der Waals surface area contributed by atoms with E-state index in [0.717, 1.165) is 11.1 Å². The quantitative estimate of drug-likeness (QED) is 0.337. The summed E-state index contributed by atoms with van der Waals surface area (Å²) in [4.78, 5) is 65.2. The average Bonchev–Trinajstić information content (AvgIpc) is 3.42. The van der Waals surface area contributed by atoms with E-state index in [2.05, 4.69) is 16.0 Å². The second-order valence-electron chi connectivity index (χ2n) is 10.5. The summed E-state index contributed by atoms with van der Waals surface area (Å²) in [5, 5.41) is 17.3. The van der Waals surface area contributed by atoms with Gasteiger partial charge in [-0.15, -0.1) is 0 Å². The number of likely N-dealkylation sites (tertiary alicyclic amines) is 1. The Hall–Kier alpha value is -4.21. The van der Waals surface area contributed by atoms with E-state index in [1.807, 2.05) is 60.7 Å². The van der Waals surface area contributed by atoms with E-state index < -0.39 is 53.8 Å². The topological polar surface area (TPSA) is 145 Å². The van der Waals surface area contributed by atoms with Crippen LogP contribution in [0.2, 0.25) is 0 Å². The van der Waals surface area contributed by atoms with Crippen molar-refractivity contribution in [2.75, 3.05) is 6.54 Å². The molecule has 3 rings (SSSR count). The van der Waals surface area contributed by atoms with Crippen LogP contribution < -0.4 is 16.0 Å². The lowest BCUT2D eigenvalue weighted by atomic mass is 9.90. The number of benzene rings is 2. The van der Waals surface area contributed by atoms with E-state index in [9.17, 15) is 29.1 Å². The number of hydrogen-bond donors (Lipinski definition) is 4. The van der Waals surface area contributed by atoms with Crippen LogP contribution in [0.4, 0.5) is 0 Å². The number of aliphatic carboxylic acids is 1. The fourth-order valence-electron chi connectivity index (χ4n) is 4.86. The van der Waals surface area contributed by atoms with Gasteiger partial charge >= 0.3 is 5.97 Å². The molecule has 10 nitrogen and oxygen atoms in total. The predicted octanol–water partition coefficient (Wildman–Crippen LogP) is 2.04. The van der Waals surface area contributed by atoms with Gasteiger partial charge in [-0.2, -0.15) is 0 Å². The van der Waals surface area contributed by atoms with Crippen molar-refractivity contribution >= 4 is 29.6 Å². The number of nitrogens with one attached hydrogen (secondary N) is 3. The van der Waals surface area contributed by atoms with Gasteiger partial charge in [0.15, 0.2) is 0 Å². The summed E-state index contributed by atoms with van der Waals surface area (Å²) in [5.41, 5.74) is 1.56. The number of hydrogen-bond acceptors (Lipinski definition) is 5. The van der Waals surface area contributed by atoms with Crippen molar-refractivity contribution in [1.82, 2.24) is 20.9 Å². The molecule has 2 aromatic carbocycles. The second kappa shape index (κ2) is 13.7. The maximum Gasteiger partial charge on any atom is 0.326 e. The molecular weight excluding hydrogens is 512 g/mol. The second-order valence-corrected chi connectivity index (χ2v) is 10.5. The van der Waals surface area contributed by atoms with Gasteiger partial charge in [-0.1, -0.05) is 74.5 Å². The van der Waals surface area contributed by atoms with Gasteiger partial charge < -0.3 is 26.0 Å². The molecular formula is C30H38N4O6. The van der Waals surface area contributed by atoms with Crippen molar-refractivity contribution in [3.63, 3.8) is 0 Å². The summed E-state index contributed by atoms with van der Waals surface area (Å²) in [5.74, 6) is -3.97.